The Hall–Kier alpha value is -1.10. The molecule has 2 N–H and O–H groups in total. The van der Waals surface area contributed by atoms with Gasteiger partial charge >= 0.3 is 0 Å². The van der Waals surface area contributed by atoms with Gasteiger partial charge in [-0.2, -0.15) is 0 Å². The molecule has 1 aromatic carbocycles. The Balaban J connectivity index is 1.86. The maximum absolute atomic E-state index is 6.19. The Morgan fingerprint density at radius 1 is 1.30 bits per heavy atom. The molecule has 1 aliphatic rings. The summed E-state index contributed by atoms with van der Waals surface area (Å²) in [6, 6.07) is 7.71. The highest BCUT2D eigenvalue weighted by Crippen LogP contribution is 2.23. The first kappa shape index (κ1) is 15.3. The van der Waals surface area contributed by atoms with Crippen LogP contribution in [-0.2, 0) is 9.47 Å². The number of ether oxygens (including phenoxy) is 3. The number of benzene rings is 1. The topological polar surface area (TPSA) is 53.7 Å². The smallest absolute Gasteiger partial charge is 0.119 e. The van der Waals surface area contributed by atoms with Gasteiger partial charge in [0.1, 0.15) is 5.75 Å². The van der Waals surface area contributed by atoms with Gasteiger partial charge in [-0.3, -0.25) is 0 Å². The normalized spacial score (nSPS) is 28.1. The molecule has 0 radical (unpaired) electrons. The van der Waals surface area contributed by atoms with Crippen molar-refractivity contribution in [3.05, 3.63) is 29.8 Å². The third-order valence-corrected chi connectivity index (χ3v) is 3.69. The second-order valence-corrected chi connectivity index (χ2v) is 5.57. The Morgan fingerprint density at radius 3 is 2.65 bits per heavy atom. The molecule has 112 valence electrons. The molecule has 4 nitrogen and oxygen atoms in total. The molecule has 1 aliphatic heterocycles. The molecule has 1 saturated heterocycles. The van der Waals surface area contributed by atoms with E-state index in [1.807, 2.05) is 24.3 Å². The second-order valence-electron chi connectivity index (χ2n) is 5.57. The first-order valence-corrected chi connectivity index (χ1v) is 7.25. The highest BCUT2D eigenvalue weighted by molar-refractivity contribution is 5.30. The molecule has 0 amide bonds. The van der Waals surface area contributed by atoms with E-state index < -0.39 is 0 Å². The Morgan fingerprint density at radius 2 is 2.00 bits per heavy atom. The van der Waals surface area contributed by atoms with Crippen molar-refractivity contribution in [1.82, 2.24) is 0 Å². The number of methoxy groups -OCH3 is 1. The highest BCUT2D eigenvalue weighted by Gasteiger charge is 2.25. The molecule has 1 aromatic rings. The van der Waals surface area contributed by atoms with Crippen molar-refractivity contribution >= 4 is 0 Å². The monoisotopic (exact) mass is 279 g/mol. The lowest BCUT2D eigenvalue weighted by molar-refractivity contribution is -0.103. The summed E-state index contributed by atoms with van der Waals surface area (Å²) in [5, 5.41) is 0. The summed E-state index contributed by atoms with van der Waals surface area (Å²) in [4.78, 5) is 0. The van der Waals surface area contributed by atoms with E-state index in [4.69, 9.17) is 19.9 Å². The zero-order chi connectivity index (χ0) is 14.5. The summed E-state index contributed by atoms with van der Waals surface area (Å²) in [6.07, 6.45) is 2.64. The molecular weight excluding hydrogens is 254 g/mol. The van der Waals surface area contributed by atoms with Crippen LogP contribution in [-0.4, -0.2) is 32.0 Å². The van der Waals surface area contributed by atoms with Crippen molar-refractivity contribution in [1.29, 1.82) is 0 Å². The van der Waals surface area contributed by atoms with Gasteiger partial charge in [-0.15, -0.1) is 0 Å². The largest absolute Gasteiger partial charge is 0.497 e. The summed E-state index contributed by atoms with van der Waals surface area (Å²) < 4.78 is 16.9. The van der Waals surface area contributed by atoms with E-state index in [1.54, 1.807) is 7.11 Å². The molecule has 1 heterocycles. The lowest BCUT2D eigenvalue weighted by atomic mass is 10.0. The second kappa shape index (κ2) is 7.07. The van der Waals surface area contributed by atoms with Gasteiger partial charge in [-0.05, 0) is 44.4 Å². The minimum Gasteiger partial charge on any atom is -0.497 e. The number of rotatable bonds is 5. The molecule has 1 fully saturated rings. The van der Waals surface area contributed by atoms with Crippen LogP contribution in [0.5, 0.6) is 5.75 Å². The summed E-state index contributed by atoms with van der Waals surface area (Å²) in [5.41, 5.74) is 7.23. The predicted molar refractivity (Wildman–Crippen MR) is 78.9 cm³/mol. The highest BCUT2D eigenvalue weighted by atomic mass is 16.5. The molecule has 4 heteroatoms. The Kier molecular flexibility index (Phi) is 5.40. The SMILES string of the molecule is COc1cccc(C(N)COC2CC(C)OC(C)C2)c1. The average Bonchev–Trinajstić information content (AvgIpc) is 2.44. The maximum atomic E-state index is 6.19. The van der Waals surface area contributed by atoms with Crippen molar-refractivity contribution in [2.24, 2.45) is 5.73 Å². The van der Waals surface area contributed by atoms with E-state index in [0.29, 0.717) is 6.61 Å². The zero-order valence-electron chi connectivity index (χ0n) is 12.5. The molecule has 0 aliphatic carbocycles. The van der Waals surface area contributed by atoms with E-state index in [9.17, 15) is 0 Å². The van der Waals surface area contributed by atoms with Crippen LogP contribution in [0.15, 0.2) is 24.3 Å². The Labute approximate surface area is 121 Å². The van der Waals surface area contributed by atoms with Crippen molar-refractivity contribution < 1.29 is 14.2 Å². The van der Waals surface area contributed by atoms with Gasteiger partial charge < -0.3 is 19.9 Å². The third kappa shape index (κ3) is 4.20. The molecule has 0 spiro atoms. The fourth-order valence-corrected chi connectivity index (χ4v) is 2.69. The fraction of sp³-hybridized carbons (Fsp3) is 0.625. The summed E-state index contributed by atoms with van der Waals surface area (Å²) in [5.74, 6) is 0.825. The molecule has 2 rings (SSSR count). The third-order valence-electron chi connectivity index (χ3n) is 3.69. The van der Waals surface area contributed by atoms with Crippen molar-refractivity contribution in [3.63, 3.8) is 0 Å². The van der Waals surface area contributed by atoms with E-state index >= 15 is 0 Å². The first-order valence-electron chi connectivity index (χ1n) is 7.25. The quantitative estimate of drug-likeness (QED) is 0.900. The van der Waals surface area contributed by atoms with Gasteiger partial charge in [0.2, 0.25) is 0 Å². The lowest BCUT2D eigenvalue weighted by Gasteiger charge is -2.32. The van der Waals surface area contributed by atoms with Crippen LogP contribution in [0.25, 0.3) is 0 Å². The predicted octanol–water partition coefficient (Wildman–Crippen LogP) is 2.67. The lowest BCUT2D eigenvalue weighted by Crippen LogP contribution is -2.35. The van der Waals surface area contributed by atoms with Crippen LogP contribution in [0.4, 0.5) is 0 Å². The van der Waals surface area contributed by atoms with Crippen LogP contribution in [0, 0.1) is 0 Å². The molecule has 0 saturated carbocycles. The van der Waals surface area contributed by atoms with Gasteiger partial charge in [-0.1, -0.05) is 12.1 Å². The van der Waals surface area contributed by atoms with Gasteiger partial charge in [0.05, 0.1) is 38.1 Å². The minimum atomic E-state index is -0.126. The van der Waals surface area contributed by atoms with Crippen molar-refractivity contribution in [3.8, 4) is 5.75 Å². The summed E-state index contributed by atoms with van der Waals surface area (Å²) >= 11 is 0. The zero-order valence-corrected chi connectivity index (χ0v) is 12.5. The maximum Gasteiger partial charge on any atom is 0.119 e. The van der Waals surface area contributed by atoms with E-state index in [2.05, 4.69) is 13.8 Å². The molecule has 0 aromatic heterocycles. The summed E-state index contributed by atoms with van der Waals surface area (Å²) in [6.45, 7) is 4.71. The van der Waals surface area contributed by atoms with Crippen LogP contribution in [0.3, 0.4) is 0 Å². The van der Waals surface area contributed by atoms with E-state index in [1.165, 1.54) is 0 Å². The first-order chi connectivity index (χ1) is 9.58. The summed E-state index contributed by atoms with van der Waals surface area (Å²) in [7, 11) is 1.66. The van der Waals surface area contributed by atoms with Crippen LogP contribution in [0.2, 0.25) is 0 Å². The number of nitrogens with two attached hydrogens (primary N) is 1. The van der Waals surface area contributed by atoms with E-state index in [-0.39, 0.29) is 24.4 Å². The van der Waals surface area contributed by atoms with Crippen molar-refractivity contribution in [2.75, 3.05) is 13.7 Å². The molecule has 0 bridgehead atoms. The molecule has 20 heavy (non-hydrogen) atoms. The standard InChI is InChI=1S/C16H25NO3/c1-11-7-15(8-12(2)20-11)19-10-16(17)13-5-4-6-14(9-13)18-3/h4-6,9,11-12,15-16H,7-8,10,17H2,1-3H3. The minimum absolute atomic E-state index is 0.126. The fourth-order valence-electron chi connectivity index (χ4n) is 2.69. The number of hydrogen-bond acceptors (Lipinski definition) is 4. The van der Waals surface area contributed by atoms with Crippen LogP contribution >= 0.6 is 0 Å². The van der Waals surface area contributed by atoms with Crippen molar-refractivity contribution in [2.45, 2.75) is 51.0 Å². The Bertz CT molecular complexity index is 414. The molecule has 3 atom stereocenters. The van der Waals surface area contributed by atoms with Gasteiger partial charge in [0.25, 0.3) is 0 Å². The molecule has 3 unspecified atom stereocenters. The number of hydrogen-bond donors (Lipinski definition) is 1. The van der Waals surface area contributed by atoms with Gasteiger partial charge in [0.15, 0.2) is 0 Å². The van der Waals surface area contributed by atoms with E-state index in [0.717, 1.165) is 24.2 Å². The van der Waals surface area contributed by atoms with Gasteiger partial charge in [0, 0.05) is 0 Å². The van der Waals surface area contributed by atoms with Crippen LogP contribution < -0.4 is 10.5 Å². The van der Waals surface area contributed by atoms with Crippen LogP contribution in [0.1, 0.15) is 38.3 Å². The average molecular weight is 279 g/mol. The van der Waals surface area contributed by atoms with Gasteiger partial charge in [-0.25, -0.2) is 0 Å². The molecular formula is C16H25NO3.